The number of aliphatic hydroxyl groups is 1. The molecule has 4 nitrogen and oxygen atoms in total. The van der Waals surface area contributed by atoms with Crippen molar-refractivity contribution in [3.8, 4) is 0 Å². The van der Waals surface area contributed by atoms with Crippen LogP contribution in [-0.2, 0) is 4.79 Å². The summed E-state index contributed by atoms with van der Waals surface area (Å²) >= 11 is 1.55. The molecule has 7 unspecified atom stereocenters. The molecule has 4 rings (SSSR count). The minimum Gasteiger partial charge on any atom is -0.392 e. The largest absolute Gasteiger partial charge is 0.392 e. The minimum atomic E-state index is -0.517. The van der Waals surface area contributed by atoms with Crippen molar-refractivity contribution >= 4 is 17.7 Å². The van der Waals surface area contributed by atoms with Gasteiger partial charge in [0.2, 0.25) is 5.91 Å². The second-order valence-corrected chi connectivity index (χ2v) is 9.56. The maximum Gasteiger partial charge on any atom is 0.234 e. The number of nitrogens with one attached hydrogen (secondary N) is 1. The number of benzene rings is 1. The number of carbonyl (C=O) groups excluding carboxylic acids is 1. The zero-order valence-corrected chi connectivity index (χ0v) is 18.2. The summed E-state index contributed by atoms with van der Waals surface area (Å²) in [5.41, 5.74) is 1.55. The molecule has 1 aromatic rings. The monoisotopic (exact) mass is 418 g/mol. The number of nitrogens with zero attached hydrogens (tertiary/aromatic N) is 1. The Balaban J connectivity index is 1.66. The van der Waals surface area contributed by atoms with Gasteiger partial charge in [-0.1, -0.05) is 32.1 Å². The van der Waals surface area contributed by atoms with Gasteiger partial charge in [-0.2, -0.15) is 0 Å². The first kappa shape index (κ1) is 20.9. The maximum absolute atomic E-state index is 15.2. The highest BCUT2D eigenvalue weighted by Gasteiger charge is 2.51. The predicted octanol–water partition coefficient (Wildman–Crippen LogP) is 3.83. The van der Waals surface area contributed by atoms with Crippen LogP contribution in [0.25, 0.3) is 0 Å². The molecule has 2 aliphatic heterocycles. The van der Waals surface area contributed by atoms with Crippen LogP contribution < -0.4 is 5.32 Å². The molecule has 0 spiro atoms. The molecule has 1 aromatic carbocycles. The molecule has 29 heavy (non-hydrogen) atoms. The molecule has 0 aromatic heterocycles. The van der Waals surface area contributed by atoms with Crippen molar-refractivity contribution in [2.75, 3.05) is 13.1 Å². The number of piperidine rings is 1. The first-order valence-electron chi connectivity index (χ1n) is 10.8. The van der Waals surface area contributed by atoms with Crippen LogP contribution in [0.15, 0.2) is 29.7 Å². The van der Waals surface area contributed by atoms with Crippen molar-refractivity contribution in [1.29, 1.82) is 0 Å². The van der Waals surface area contributed by atoms with Crippen molar-refractivity contribution in [3.63, 3.8) is 0 Å². The van der Waals surface area contributed by atoms with E-state index < -0.39 is 6.10 Å². The summed E-state index contributed by atoms with van der Waals surface area (Å²) in [6.45, 7) is 7.96. The molecule has 2 heterocycles. The van der Waals surface area contributed by atoms with E-state index in [0.29, 0.717) is 12.0 Å². The van der Waals surface area contributed by atoms with Gasteiger partial charge in [0.1, 0.15) is 5.82 Å². The molecule has 7 atom stereocenters. The number of fused-ring (bicyclic) bond motifs is 3. The maximum atomic E-state index is 15.2. The van der Waals surface area contributed by atoms with Crippen LogP contribution >= 0.6 is 11.8 Å². The summed E-state index contributed by atoms with van der Waals surface area (Å²) in [4.78, 5) is 14.7. The summed E-state index contributed by atoms with van der Waals surface area (Å²) in [6, 6.07) is 5.56. The molecule has 1 aliphatic carbocycles. The number of allylic oxidation sites excluding steroid dienone is 1. The lowest BCUT2D eigenvalue weighted by Gasteiger charge is -2.48. The number of aliphatic hydroxyl groups excluding tert-OH is 1. The van der Waals surface area contributed by atoms with Crippen LogP contribution in [-0.4, -0.2) is 46.4 Å². The van der Waals surface area contributed by atoms with Crippen LogP contribution in [0.3, 0.4) is 0 Å². The van der Waals surface area contributed by atoms with Gasteiger partial charge in [0, 0.05) is 29.5 Å². The summed E-state index contributed by atoms with van der Waals surface area (Å²) < 4.78 is 15.2. The number of thioether (sulfide) groups is 1. The van der Waals surface area contributed by atoms with E-state index in [2.05, 4.69) is 30.1 Å². The van der Waals surface area contributed by atoms with Crippen molar-refractivity contribution in [1.82, 2.24) is 10.2 Å². The van der Waals surface area contributed by atoms with Crippen molar-refractivity contribution < 1.29 is 14.3 Å². The van der Waals surface area contributed by atoms with Gasteiger partial charge in [0.05, 0.1) is 11.4 Å². The van der Waals surface area contributed by atoms with E-state index in [0.717, 1.165) is 25.1 Å². The van der Waals surface area contributed by atoms with E-state index in [4.69, 9.17) is 0 Å². The van der Waals surface area contributed by atoms with E-state index in [-0.39, 0.29) is 46.8 Å². The molecule has 2 N–H and O–H groups in total. The topological polar surface area (TPSA) is 52.6 Å². The summed E-state index contributed by atoms with van der Waals surface area (Å²) in [5.74, 6) is -0.0911. The Labute approximate surface area is 176 Å². The first-order valence-corrected chi connectivity index (χ1v) is 11.7. The van der Waals surface area contributed by atoms with Crippen LogP contribution in [0, 0.1) is 17.7 Å². The summed E-state index contributed by atoms with van der Waals surface area (Å²) in [5, 5.41) is 16.0. The summed E-state index contributed by atoms with van der Waals surface area (Å²) in [7, 11) is 0. The van der Waals surface area contributed by atoms with E-state index >= 15 is 4.39 Å². The molecule has 158 valence electrons. The average Bonchev–Trinajstić information content (AvgIpc) is 3.20. The SMILES string of the molecule is CCN(CC)C(C)c1ccc(C2C(O)CCC3NC(=O)C4SC=CC4C32)cc1F. The van der Waals surface area contributed by atoms with E-state index in [1.807, 2.05) is 24.5 Å². The van der Waals surface area contributed by atoms with E-state index in [9.17, 15) is 9.90 Å². The van der Waals surface area contributed by atoms with Gasteiger partial charge in [0.15, 0.2) is 0 Å². The molecular weight excluding hydrogens is 387 g/mol. The Kier molecular flexibility index (Phi) is 6.05. The molecule has 1 saturated heterocycles. The van der Waals surface area contributed by atoms with Crippen LogP contribution in [0.2, 0.25) is 0 Å². The van der Waals surface area contributed by atoms with Gasteiger partial charge in [-0.3, -0.25) is 9.69 Å². The lowest BCUT2D eigenvalue weighted by atomic mass is 9.63. The number of rotatable bonds is 5. The normalized spacial score (nSPS) is 34.6. The zero-order chi connectivity index (χ0) is 20.7. The fourth-order valence-electron chi connectivity index (χ4n) is 5.65. The number of amides is 1. The van der Waals surface area contributed by atoms with Crippen LogP contribution in [0.5, 0.6) is 0 Å². The van der Waals surface area contributed by atoms with Crippen LogP contribution in [0.1, 0.15) is 56.7 Å². The number of hydrogen-bond acceptors (Lipinski definition) is 4. The van der Waals surface area contributed by atoms with Crippen molar-refractivity contribution in [3.05, 3.63) is 46.6 Å². The van der Waals surface area contributed by atoms with Crippen molar-refractivity contribution in [2.45, 2.75) is 63.0 Å². The van der Waals surface area contributed by atoms with Gasteiger partial charge in [-0.25, -0.2) is 4.39 Å². The Morgan fingerprint density at radius 1 is 1.31 bits per heavy atom. The van der Waals surface area contributed by atoms with Gasteiger partial charge in [0.25, 0.3) is 0 Å². The Bertz CT molecular complexity index is 797. The third-order valence-electron chi connectivity index (χ3n) is 7.19. The molecule has 6 heteroatoms. The van der Waals surface area contributed by atoms with E-state index in [1.54, 1.807) is 17.8 Å². The van der Waals surface area contributed by atoms with E-state index in [1.165, 1.54) is 0 Å². The van der Waals surface area contributed by atoms with Crippen LogP contribution in [0.4, 0.5) is 4.39 Å². The van der Waals surface area contributed by atoms with Gasteiger partial charge in [-0.15, -0.1) is 11.8 Å². The molecule has 2 fully saturated rings. The van der Waals surface area contributed by atoms with Gasteiger partial charge < -0.3 is 10.4 Å². The summed E-state index contributed by atoms with van der Waals surface area (Å²) in [6.07, 6.45) is 3.00. The predicted molar refractivity (Wildman–Crippen MR) is 115 cm³/mol. The molecule has 0 radical (unpaired) electrons. The Morgan fingerprint density at radius 3 is 2.76 bits per heavy atom. The quantitative estimate of drug-likeness (QED) is 0.763. The molecule has 1 saturated carbocycles. The van der Waals surface area contributed by atoms with Gasteiger partial charge in [-0.05, 0) is 55.8 Å². The highest BCUT2D eigenvalue weighted by molar-refractivity contribution is 8.03. The number of carbonyl (C=O) groups is 1. The fraction of sp³-hybridized carbons (Fsp3) is 0.609. The standard InChI is InChI=1S/C23H31FN2O2S/c1-4-26(5-2)13(3)15-7-6-14(12-17(15)24)20-19(27)9-8-18-21(20)16-10-11-29-22(16)23(28)25-18/h6-7,10-13,16,18-22,27H,4-5,8-9H2,1-3H3,(H,25,28). The molecular formula is C23H31FN2O2S. The second-order valence-electron chi connectivity index (χ2n) is 8.50. The lowest BCUT2D eigenvalue weighted by molar-refractivity contribution is -0.126. The minimum absolute atomic E-state index is 0.00981. The smallest absolute Gasteiger partial charge is 0.234 e. The molecule has 0 bridgehead atoms. The fourth-order valence-corrected chi connectivity index (χ4v) is 6.74. The first-order chi connectivity index (χ1) is 14.0. The number of halogens is 1. The van der Waals surface area contributed by atoms with Gasteiger partial charge >= 0.3 is 0 Å². The number of hydrogen-bond donors (Lipinski definition) is 2. The third kappa shape index (κ3) is 3.64. The highest BCUT2D eigenvalue weighted by Crippen LogP contribution is 2.50. The lowest BCUT2D eigenvalue weighted by Crippen LogP contribution is -2.59. The average molecular weight is 419 g/mol. The molecule has 1 amide bonds. The zero-order valence-electron chi connectivity index (χ0n) is 17.3. The third-order valence-corrected chi connectivity index (χ3v) is 8.33. The van der Waals surface area contributed by atoms with Crippen molar-refractivity contribution in [2.24, 2.45) is 11.8 Å². The highest BCUT2D eigenvalue weighted by atomic mass is 32.2. The Morgan fingerprint density at radius 2 is 2.07 bits per heavy atom. The second kappa shape index (κ2) is 8.40. The molecule has 3 aliphatic rings. The Hall–Kier alpha value is -1.37.